The van der Waals surface area contributed by atoms with Crippen LogP contribution in [0.5, 0.6) is 0 Å². The van der Waals surface area contributed by atoms with Gasteiger partial charge in [-0.3, -0.25) is 4.90 Å². The minimum absolute atomic E-state index is 0.375. The van der Waals surface area contributed by atoms with E-state index in [1.807, 2.05) is 4.90 Å². The van der Waals surface area contributed by atoms with Gasteiger partial charge < -0.3 is 5.11 Å². The largest absolute Gasteiger partial charge is 0.416 e. The molecule has 0 unspecified atom stereocenters. The van der Waals surface area contributed by atoms with Crippen molar-refractivity contribution in [1.82, 2.24) is 4.90 Å². The lowest BCUT2D eigenvalue weighted by Crippen LogP contribution is -2.58. The predicted octanol–water partition coefficient (Wildman–Crippen LogP) is 4.06. The Balaban J connectivity index is 1.65. The van der Waals surface area contributed by atoms with Crippen LogP contribution in [0.15, 0.2) is 48.5 Å². The summed E-state index contributed by atoms with van der Waals surface area (Å²) in [5.41, 5.74) is -0.268. The molecule has 0 radical (unpaired) electrons. The average Bonchev–Trinajstić information content (AvgIpc) is 2.45. The van der Waals surface area contributed by atoms with Crippen LogP contribution in [0.25, 0.3) is 0 Å². The minimum atomic E-state index is -4.34. The van der Waals surface area contributed by atoms with E-state index in [-0.39, 0.29) is 0 Å². The summed E-state index contributed by atoms with van der Waals surface area (Å²) in [6.45, 7) is 1.13. The Morgan fingerprint density at radius 2 is 1.74 bits per heavy atom. The third kappa shape index (κ3) is 3.52. The predicted molar refractivity (Wildman–Crippen MR) is 82.1 cm³/mol. The number of halogens is 4. The molecule has 122 valence electrons. The lowest BCUT2D eigenvalue weighted by molar-refractivity contribution is -0.137. The van der Waals surface area contributed by atoms with E-state index < -0.39 is 17.3 Å². The Kier molecular flexibility index (Phi) is 4.12. The molecule has 6 heteroatoms. The maximum absolute atomic E-state index is 12.7. The number of hydrogen-bond donors (Lipinski definition) is 1. The summed E-state index contributed by atoms with van der Waals surface area (Å²) in [4.78, 5) is 1.91. The first kappa shape index (κ1) is 16.3. The second-order valence-electron chi connectivity index (χ2n) is 5.88. The zero-order valence-electron chi connectivity index (χ0n) is 12.1. The molecular weight excluding hydrogens is 327 g/mol. The summed E-state index contributed by atoms with van der Waals surface area (Å²) in [7, 11) is 0. The van der Waals surface area contributed by atoms with E-state index in [1.165, 1.54) is 6.07 Å². The molecule has 1 fully saturated rings. The molecule has 0 atom stereocenters. The summed E-state index contributed by atoms with van der Waals surface area (Å²) < 4.78 is 38.1. The van der Waals surface area contributed by atoms with Gasteiger partial charge in [-0.05, 0) is 29.3 Å². The van der Waals surface area contributed by atoms with E-state index in [1.54, 1.807) is 30.3 Å². The minimum Gasteiger partial charge on any atom is -0.382 e. The van der Waals surface area contributed by atoms with E-state index >= 15 is 0 Å². The van der Waals surface area contributed by atoms with Crippen LogP contribution in [-0.2, 0) is 18.3 Å². The molecule has 2 aromatic carbocycles. The fourth-order valence-electron chi connectivity index (χ4n) is 2.85. The van der Waals surface area contributed by atoms with Crippen molar-refractivity contribution in [3.8, 4) is 0 Å². The summed E-state index contributed by atoms with van der Waals surface area (Å²) in [5.74, 6) is 0. The van der Waals surface area contributed by atoms with Gasteiger partial charge in [0.25, 0.3) is 0 Å². The topological polar surface area (TPSA) is 23.5 Å². The number of hydrogen-bond acceptors (Lipinski definition) is 2. The first-order valence-electron chi connectivity index (χ1n) is 7.13. The number of benzene rings is 2. The molecule has 1 aliphatic heterocycles. The summed E-state index contributed by atoms with van der Waals surface area (Å²) >= 11 is 5.83. The molecular formula is C17H15ClF3NO. The van der Waals surface area contributed by atoms with E-state index in [0.717, 1.165) is 17.7 Å². The van der Waals surface area contributed by atoms with E-state index in [2.05, 4.69) is 0 Å². The van der Waals surface area contributed by atoms with Crippen LogP contribution >= 0.6 is 11.6 Å². The fourth-order valence-corrected chi connectivity index (χ4v) is 2.98. The number of β-amino-alcohol motifs (C(OH)–C–C–N with tert-alkyl or cyclic N) is 1. The molecule has 3 rings (SSSR count). The Hall–Kier alpha value is -1.56. The van der Waals surface area contributed by atoms with Gasteiger partial charge in [0.2, 0.25) is 0 Å². The smallest absolute Gasteiger partial charge is 0.382 e. The van der Waals surface area contributed by atoms with Gasteiger partial charge in [0.1, 0.15) is 5.60 Å². The molecule has 1 saturated heterocycles. The van der Waals surface area contributed by atoms with Gasteiger partial charge in [-0.2, -0.15) is 13.2 Å². The fraction of sp³-hybridized carbons (Fsp3) is 0.294. The highest BCUT2D eigenvalue weighted by atomic mass is 35.5. The van der Waals surface area contributed by atoms with Gasteiger partial charge in [0.15, 0.2) is 0 Å². The third-order valence-electron chi connectivity index (χ3n) is 4.01. The number of rotatable bonds is 3. The lowest BCUT2D eigenvalue weighted by atomic mass is 9.86. The zero-order chi connectivity index (χ0) is 16.7. The molecule has 0 amide bonds. The molecule has 1 heterocycles. The van der Waals surface area contributed by atoms with E-state index in [4.69, 9.17) is 11.6 Å². The Bertz CT molecular complexity index is 694. The van der Waals surface area contributed by atoms with Crippen molar-refractivity contribution in [3.05, 3.63) is 70.2 Å². The van der Waals surface area contributed by atoms with Gasteiger partial charge in [0, 0.05) is 24.7 Å². The first-order valence-corrected chi connectivity index (χ1v) is 7.51. The first-order chi connectivity index (χ1) is 10.8. The van der Waals surface area contributed by atoms with Gasteiger partial charge >= 0.3 is 6.18 Å². The van der Waals surface area contributed by atoms with Crippen molar-refractivity contribution in [2.75, 3.05) is 13.1 Å². The second kappa shape index (κ2) is 5.82. The maximum Gasteiger partial charge on any atom is 0.416 e. The standard InChI is InChI=1S/C17H15ClF3NO/c18-15-6-4-13(5-7-15)16(23)10-22(11-16)9-12-2-1-3-14(8-12)17(19,20)21/h1-8,23H,9-11H2. The van der Waals surface area contributed by atoms with Crippen LogP contribution in [0.3, 0.4) is 0 Å². The van der Waals surface area contributed by atoms with Crippen LogP contribution in [0, 0.1) is 0 Å². The number of aliphatic hydroxyl groups is 1. The number of nitrogens with zero attached hydrogens (tertiary/aromatic N) is 1. The molecule has 1 aliphatic rings. The van der Waals surface area contributed by atoms with E-state index in [0.29, 0.717) is 30.2 Å². The van der Waals surface area contributed by atoms with Crippen LogP contribution in [0.4, 0.5) is 13.2 Å². The van der Waals surface area contributed by atoms with Crippen molar-refractivity contribution in [3.63, 3.8) is 0 Å². The normalized spacial score (nSPS) is 17.8. The van der Waals surface area contributed by atoms with Gasteiger partial charge in [-0.15, -0.1) is 0 Å². The molecule has 0 aromatic heterocycles. The third-order valence-corrected chi connectivity index (χ3v) is 4.26. The molecule has 0 bridgehead atoms. The van der Waals surface area contributed by atoms with E-state index in [9.17, 15) is 18.3 Å². The Morgan fingerprint density at radius 1 is 1.09 bits per heavy atom. The highest BCUT2D eigenvalue weighted by Gasteiger charge is 2.42. The monoisotopic (exact) mass is 341 g/mol. The van der Waals surface area contributed by atoms with Crippen LogP contribution < -0.4 is 0 Å². The van der Waals surface area contributed by atoms with Crippen molar-refractivity contribution in [2.45, 2.75) is 18.3 Å². The highest BCUT2D eigenvalue weighted by Crippen LogP contribution is 2.34. The Morgan fingerprint density at radius 3 is 2.35 bits per heavy atom. The molecule has 0 aliphatic carbocycles. The highest BCUT2D eigenvalue weighted by molar-refractivity contribution is 6.30. The Labute approximate surface area is 137 Å². The van der Waals surface area contributed by atoms with Gasteiger partial charge in [-0.25, -0.2) is 0 Å². The molecule has 2 aromatic rings. The summed E-state index contributed by atoms with van der Waals surface area (Å²) in [6.07, 6.45) is -4.34. The lowest BCUT2D eigenvalue weighted by Gasteiger charge is -2.47. The quantitative estimate of drug-likeness (QED) is 0.910. The maximum atomic E-state index is 12.7. The number of likely N-dealkylation sites (tertiary alicyclic amines) is 1. The molecule has 0 saturated carbocycles. The van der Waals surface area contributed by atoms with Crippen molar-refractivity contribution < 1.29 is 18.3 Å². The van der Waals surface area contributed by atoms with Crippen LogP contribution in [0.1, 0.15) is 16.7 Å². The van der Waals surface area contributed by atoms with Crippen molar-refractivity contribution in [2.24, 2.45) is 0 Å². The zero-order valence-corrected chi connectivity index (χ0v) is 12.9. The molecule has 0 spiro atoms. The van der Waals surface area contributed by atoms with Crippen molar-refractivity contribution >= 4 is 11.6 Å². The van der Waals surface area contributed by atoms with Gasteiger partial charge in [-0.1, -0.05) is 41.9 Å². The number of alkyl halides is 3. The summed E-state index contributed by atoms with van der Waals surface area (Å²) in [5, 5.41) is 11.1. The molecule has 1 N–H and O–H groups in total. The SMILES string of the molecule is OC1(c2ccc(Cl)cc2)CN(Cc2cccc(C(F)(F)F)c2)C1. The molecule has 2 nitrogen and oxygen atoms in total. The van der Waals surface area contributed by atoms with Crippen LogP contribution in [0.2, 0.25) is 5.02 Å². The second-order valence-corrected chi connectivity index (χ2v) is 6.32. The molecule has 23 heavy (non-hydrogen) atoms. The van der Waals surface area contributed by atoms with Crippen LogP contribution in [-0.4, -0.2) is 23.1 Å². The average molecular weight is 342 g/mol. The van der Waals surface area contributed by atoms with Crippen molar-refractivity contribution in [1.29, 1.82) is 0 Å². The van der Waals surface area contributed by atoms with Gasteiger partial charge in [0.05, 0.1) is 5.56 Å². The summed E-state index contributed by atoms with van der Waals surface area (Å²) in [6, 6.07) is 12.2.